The molecule has 1 N–H and O–H groups in total. The molecule has 0 aromatic carbocycles. The van der Waals surface area contributed by atoms with Crippen LogP contribution in [0, 0.1) is 0 Å². The van der Waals surface area contributed by atoms with E-state index in [-0.39, 0.29) is 18.6 Å². The van der Waals surface area contributed by atoms with Crippen molar-refractivity contribution < 1.29 is 14.3 Å². The molecule has 0 saturated heterocycles. The van der Waals surface area contributed by atoms with Crippen LogP contribution >= 0.6 is 15.9 Å². The molecule has 0 unspecified atom stereocenters. The van der Waals surface area contributed by atoms with Crippen LogP contribution in [0.1, 0.15) is 30.8 Å². The number of carbonyl (C=O) groups is 1. The van der Waals surface area contributed by atoms with Crippen LogP contribution < -0.4 is 0 Å². The van der Waals surface area contributed by atoms with Gasteiger partial charge >= 0.3 is 0 Å². The van der Waals surface area contributed by atoms with E-state index < -0.39 is 0 Å². The average molecular weight is 290 g/mol. The molecule has 0 spiro atoms. The standard InChI is InChI=1S/C11H16BrNO3/c1-8(2)13(6-3-7-14)11(15)9-4-5-10(12)16-9/h4-5,8,14H,3,6-7H2,1-2H3. The van der Waals surface area contributed by atoms with Gasteiger partial charge < -0.3 is 14.4 Å². The number of hydrogen-bond donors (Lipinski definition) is 1. The van der Waals surface area contributed by atoms with E-state index in [9.17, 15) is 4.79 Å². The normalized spacial score (nSPS) is 10.8. The van der Waals surface area contributed by atoms with Gasteiger partial charge in [0.1, 0.15) is 0 Å². The van der Waals surface area contributed by atoms with Crippen molar-refractivity contribution in [3.8, 4) is 0 Å². The fraction of sp³-hybridized carbons (Fsp3) is 0.545. The number of nitrogens with zero attached hydrogens (tertiary/aromatic N) is 1. The molecule has 0 fully saturated rings. The predicted molar refractivity (Wildman–Crippen MR) is 64.3 cm³/mol. The number of rotatable bonds is 5. The number of amides is 1. The van der Waals surface area contributed by atoms with Crippen molar-refractivity contribution in [2.45, 2.75) is 26.3 Å². The Morgan fingerprint density at radius 1 is 1.56 bits per heavy atom. The lowest BCUT2D eigenvalue weighted by molar-refractivity contribution is 0.0659. The molecular formula is C11H16BrNO3. The lowest BCUT2D eigenvalue weighted by Gasteiger charge is -2.25. The summed E-state index contributed by atoms with van der Waals surface area (Å²) in [7, 11) is 0. The number of furan rings is 1. The molecule has 0 aliphatic heterocycles. The maximum atomic E-state index is 12.0. The number of halogens is 1. The molecule has 1 heterocycles. The topological polar surface area (TPSA) is 53.7 Å². The Bertz CT molecular complexity index is 349. The van der Waals surface area contributed by atoms with E-state index >= 15 is 0 Å². The van der Waals surface area contributed by atoms with Crippen molar-refractivity contribution in [1.82, 2.24) is 4.90 Å². The van der Waals surface area contributed by atoms with E-state index in [0.717, 1.165) is 0 Å². The second-order valence-corrected chi connectivity index (χ2v) is 4.55. The molecule has 1 rings (SSSR count). The first-order chi connectivity index (χ1) is 7.56. The van der Waals surface area contributed by atoms with Crippen molar-refractivity contribution in [2.24, 2.45) is 0 Å². The largest absolute Gasteiger partial charge is 0.444 e. The van der Waals surface area contributed by atoms with Gasteiger partial charge in [-0.3, -0.25) is 4.79 Å². The Hall–Kier alpha value is -0.810. The molecule has 1 aromatic heterocycles. The van der Waals surface area contributed by atoms with Crippen LogP contribution in [0.4, 0.5) is 0 Å². The summed E-state index contributed by atoms with van der Waals surface area (Å²) in [5.74, 6) is 0.174. The van der Waals surface area contributed by atoms with Crippen LogP contribution in [-0.2, 0) is 0 Å². The van der Waals surface area contributed by atoms with Crippen LogP contribution in [0.3, 0.4) is 0 Å². The third-order valence-corrected chi connectivity index (χ3v) is 2.65. The highest BCUT2D eigenvalue weighted by Crippen LogP contribution is 2.17. The van der Waals surface area contributed by atoms with Gasteiger partial charge in [0, 0.05) is 19.2 Å². The first-order valence-corrected chi connectivity index (χ1v) is 6.02. The minimum Gasteiger partial charge on any atom is -0.444 e. The smallest absolute Gasteiger partial charge is 0.289 e. The van der Waals surface area contributed by atoms with Gasteiger partial charge in [-0.25, -0.2) is 0 Å². The van der Waals surface area contributed by atoms with Gasteiger partial charge in [0.15, 0.2) is 10.4 Å². The average Bonchev–Trinajstić information content (AvgIpc) is 2.64. The quantitative estimate of drug-likeness (QED) is 0.905. The minimum atomic E-state index is -0.144. The molecule has 0 radical (unpaired) electrons. The van der Waals surface area contributed by atoms with Crippen molar-refractivity contribution in [3.05, 3.63) is 22.6 Å². The second kappa shape index (κ2) is 6.06. The zero-order chi connectivity index (χ0) is 12.1. The lowest BCUT2D eigenvalue weighted by atomic mass is 10.2. The van der Waals surface area contributed by atoms with Gasteiger partial charge in [0.2, 0.25) is 0 Å². The maximum Gasteiger partial charge on any atom is 0.289 e. The predicted octanol–water partition coefficient (Wildman–Crippen LogP) is 2.28. The van der Waals surface area contributed by atoms with E-state index in [2.05, 4.69) is 15.9 Å². The van der Waals surface area contributed by atoms with Crippen molar-refractivity contribution >= 4 is 21.8 Å². The molecule has 5 heteroatoms. The third-order valence-electron chi connectivity index (χ3n) is 2.23. The zero-order valence-corrected chi connectivity index (χ0v) is 11.0. The summed E-state index contributed by atoms with van der Waals surface area (Å²) in [4.78, 5) is 13.7. The van der Waals surface area contributed by atoms with E-state index in [1.54, 1.807) is 17.0 Å². The summed E-state index contributed by atoms with van der Waals surface area (Å²) in [6.07, 6.45) is 0.575. The zero-order valence-electron chi connectivity index (χ0n) is 9.44. The van der Waals surface area contributed by atoms with Crippen LogP contribution in [0.25, 0.3) is 0 Å². The van der Waals surface area contributed by atoms with Crippen LogP contribution in [0.2, 0.25) is 0 Å². The number of aliphatic hydroxyl groups excluding tert-OH is 1. The summed E-state index contributed by atoms with van der Waals surface area (Å²) >= 11 is 3.16. The van der Waals surface area contributed by atoms with Crippen molar-refractivity contribution in [1.29, 1.82) is 0 Å². The maximum absolute atomic E-state index is 12.0. The monoisotopic (exact) mass is 289 g/mol. The highest BCUT2D eigenvalue weighted by Gasteiger charge is 2.20. The lowest BCUT2D eigenvalue weighted by Crippen LogP contribution is -2.37. The van der Waals surface area contributed by atoms with Gasteiger partial charge in [-0.2, -0.15) is 0 Å². The fourth-order valence-electron chi connectivity index (χ4n) is 1.41. The van der Waals surface area contributed by atoms with Gasteiger partial charge in [0.25, 0.3) is 5.91 Å². The van der Waals surface area contributed by atoms with Gasteiger partial charge in [0.05, 0.1) is 0 Å². The molecule has 0 aliphatic carbocycles. The molecule has 4 nitrogen and oxygen atoms in total. The molecule has 1 aromatic rings. The van der Waals surface area contributed by atoms with E-state index in [1.807, 2.05) is 13.8 Å². The first-order valence-electron chi connectivity index (χ1n) is 5.23. The highest BCUT2D eigenvalue weighted by atomic mass is 79.9. The summed E-state index contributed by atoms with van der Waals surface area (Å²) in [6.45, 7) is 4.49. The van der Waals surface area contributed by atoms with Gasteiger partial charge in [-0.05, 0) is 48.3 Å². The van der Waals surface area contributed by atoms with E-state index in [1.165, 1.54) is 0 Å². The number of hydrogen-bond acceptors (Lipinski definition) is 3. The summed E-state index contributed by atoms with van der Waals surface area (Å²) in [5.41, 5.74) is 0. The van der Waals surface area contributed by atoms with E-state index in [4.69, 9.17) is 9.52 Å². The second-order valence-electron chi connectivity index (χ2n) is 3.77. The Morgan fingerprint density at radius 2 is 2.25 bits per heavy atom. The van der Waals surface area contributed by atoms with Crippen LogP contribution in [0.5, 0.6) is 0 Å². The molecule has 0 aliphatic rings. The fourth-order valence-corrected chi connectivity index (χ4v) is 1.71. The van der Waals surface area contributed by atoms with Crippen LogP contribution in [-0.4, -0.2) is 35.1 Å². The summed E-state index contributed by atoms with van der Waals surface area (Å²) in [6, 6.07) is 3.42. The van der Waals surface area contributed by atoms with Crippen molar-refractivity contribution in [3.63, 3.8) is 0 Å². The molecule has 16 heavy (non-hydrogen) atoms. The highest BCUT2D eigenvalue weighted by molar-refractivity contribution is 9.10. The van der Waals surface area contributed by atoms with Gasteiger partial charge in [-0.15, -0.1) is 0 Å². The molecule has 90 valence electrons. The van der Waals surface area contributed by atoms with Crippen LogP contribution in [0.15, 0.2) is 21.2 Å². The number of carbonyl (C=O) groups excluding carboxylic acids is 1. The molecule has 1 amide bonds. The Morgan fingerprint density at radius 3 is 2.69 bits per heavy atom. The summed E-state index contributed by atoms with van der Waals surface area (Å²) in [5, 5.41) is 8.78. The molecular weight excluding hydrogens is 274 g/mol. The Kier molecular flexibility index (Phi) is 5.02. The summed E-state index contributed by atoms with van der Waals surface area (Å²) < 4.78 is 5.76. The van der Waals surface area contributed by atoms with E-state index in [0.29, 0.717) is 23.4 Å². The van der Waals surface area contributed by atoms with Gasteiger partial charge in [-0.1, -0.05) is 0 Å². The third kappa shape index (κ3) is 3.35. The SMILES string of the molecule is CC(C)N(CCCO)C(=O)c1ccc(Br)o1. The molecule has 0 saturated carbocycles. The Balaban J connectivity index is 2.74. The molecule has 0 bridgehead atoms. The minimum absolute atomic E-state index is 0.0817. The number of aliphatic hydroxyl groups is 1. The Labute approximate surface area is 103 Å². The van der Waals surface area contributed by atoms with Crippen molar-refractivity contribution in [2.75, 3.05) is 13.2 Å². The first kappa shape index (κ1) is 13.3. The molecule has 0 atom stereocenters.